The first-order chi connectivity index (χ1) is 14.4. The molecule has 156 valence electrons. The van der Waals surface area contributed by atoms with Crippen molar-refractivity contribution in [2.45, 2.75) is 17.7 Å². The van der Waals surface area contributed by atoms with Crippen LogP contribution in [0.2, 0.25) is 5.02 Å². The standard InChI is InChI=1S/C22H22ClN3O2S2/c1-26(13-20(27)25-18-8-3-4-9-19(18)29-2)22(28)12-17-14-30-21(24-17)11-15-6-5-7-16(23)10-15/h3-10,14H,11-13H2,1-2H3,(H,25,27). The second-order valence-electron chi connectivity index (χ2n) is 6.71. The van der Waals surface area contributed by atoms with Crippen LogP contribution in [0.4, 0.5) is 5.69 Å². The number of rotatable bonds is 8. The van der Waals surface area contributed by atoms with Crippen molar-refractivity contribution in [1.29, 1.82) is 0 Å². The summed E-state index contributed by atoms with van der Waals surface area (Å²) in [5.41, 5.74) is 2.54. The molecule has 0 fully saturated rings. The number of thioether (sulfide) groups is 1. The van der Waals surface area contributed by atoms with Crippen molar-refractivity contribution in [3.05, 3.63) is 75.2 Å². The van der Waals surface area contributed by atoms with E-state index in [0.717, 1.165) is 21.2 Å². The Labute approximate surface area is 189 Å². The van der Waals surface area contributed by atoms with Gasteiger partial charge in [0.25, 0.3) is 0 Å². The van der Waals surface area contributed by atoms with E-state index < -0.39 is 0 Å². The van der Waals surface area contributed by atoms with Crippen LogP contribution >= 0.6 is 34.7 Å². The van der Waals surface area contributed by atoms with Crippen molar-refractivity contribution in [3.63, 3.8) is 0 Å². The maximum atomic E-state index is 12.5. The minimum atomic E-state index is -0.229. The molecule has 1 heterocycles. The summed E-state index contributed by atoms with van der Waals surface area (Å²) in [6.07, 6.45) is 2.79. The number of amides is 2. The van der Waals surface area contributed by atoms with Gasteiger partial charge in [0, 0.05) is 28.8 Å². The Morgan fingerprint density at radius 1 is 1.20 bits per heavy atom. The Hall–Kier alpha value is -2.35. The number of nitrogens with zero attached hydrogens (tertiary/aromatic N) is 2. The fourth-order valence-corrected chi connectivity index (χ4v) is 4.46. The van der Waals surface area contributed by atoms with Gasteiger partial charge in [0.1, 0.15) is 0 Å². The van der Waals surface area contributed by atoms with Crippen LogP contribution in [0.1, 0.15) is 16.3 Å². The van der Waals surface area contributed by atoms with Crippen LogP contribution in [-0.4, -0.2) is 41.5 Å². The van der Waals surface area contributed by atoms with E-state index in [-0.39, 0.29) is 24.8 Å². The molecule has 0 atom stereocenters. The van der Waals surface area contributed by atoms with Crippen LogP contribution < -0.4 is 5.32 Å². The van der Waals surface area contributed by atoms with Gasteiger partial charge >= 0.3 is 0 Å². The second-order valence-corrected chi connectivity index (χ2v) is 8.94. The summed E-state index contributed by atoms with van der Waals surface area (Å²) in [6, 6.07) is 15.2. The van der Waals surface area contributed by atoms with Gasteiger partial charge in [-0.05, 0) is 36.1 Å². The van der Waals surface area contributed by atoms with Crippen molar-refractivity contribution in [3.8, 4) is 0 Å². The van der Waals surface area contributed by atoms with Crippen LogP contribution in [0.15, 0.2) is 58.8 Å². The first-order valence-electron chi connectivity index (χ1n) is 9.29. The van der Waals surface area contributed by atoms with E-state index in [4.69, 9.17) is 11.6 Å². The number of para-hydroxylation sites is 1. The van der Waals surface area contributed by atoms with E-state index in [0.29, 0.717) is 17.1 Å². The molecule has 2 amide bonds. The monoisotopic (exact) mass is 459 g/mol. The molecule has 0 radical (unpaired) electrons. The van der Waals surface area contributed by atoms with E-state index in [2.05, 4.69) is 10.3 Å². The summed E-state index contributed by atoms with van der Waals surface area (Å²) >= 11 is 9.10. The SMILES string of the molecule is CSc1ccccc1NC(=O)CN(C)C(=O)Cc1csc(Cc2cccc(Cl)c2)n1. The average molecular weight is 460 g/mol. The lowest BCUT2D eigenvalue weighted by molar-refractivity contribution is -0.132. The Morgan fingerprint density at radius 2 is 2.00 bits per heavy atom. The number of halogens is 1. The zero-order valence-electron chi connectivity index (χ0n) is 16.7. The number of anilines is 1. The lowest BCUT2D eigenvalue weighted by Crippen LogP contribution is -2.35. The van der Waals surface area contributed by atoms with Gasteiger partial charge in [-0.25, -0.2) is 4.98 Å². The van der Waals surface area contributed by atoms with Crippen LogP contribution in [0.25, 0.3) is 0 Å². The normalized spacial score (nSPS) is 10.6. The number of nitrogens with one attached hydrogen (secondary N) is 1. The van der Waals surface area contributed by atoms with Crippen molar-refractivity contribution in [1.82, 2.24) is 9.88 Å². The molecule has 0 spiro atoms. The third kappa shape index (κ3) is 6.32. The molecule has 3 rings (SSSR count). The fraction of sp³-hybridized carbons (Fsp3) is 0.227. The second kappa shape index (κ2) is 10.6. The summed E-state index contributed by atoms with van der Waals surface area (Å²) < 4.78 is 0. The summed E-state index contributed by atoms with van der Waals surface area (Å²) in [6.45, 7) is -0.0128. The van der Waals surface area contributed by atoms with Gasteiger partial charge in [-0.3, -0.25) is 9.59 Å². The zero-order chi connectivity index (χ0) is 21.5. The first-order valence-corrected chi connectivity index (χ1v) is 11.8. The number of likely N-dealkylation sites (N-methyl/N-ethyl adjacent to an activating group) is 1. The number of benzene rings is 2. The minimum Gasteiger partial charge on any atom is -0.336 e. The summed E-state index contributed by atoms with van der Waals surface area (Å²) in [5.74, 6) is -0.379. The third-order valence-electron chi connectivity index (χ3n) is 4.36. The number of carbonyl (C=O) groups is 2. The topological polar surface area (TPSA) is 62.3 Å². The molecule has 0 saturated carbocycles. The smallest absolute Gasteiger partial charge is 0.244 e. The molecule has 3 aromatic rings. The highest BCUT2D eigenvalue weighted by atomic mass is 35.5. The molecule has 0 aliphatic heterocycles. The highest BCUT2D eigenvalue weighted by Crippen LogP contribution is 2.24. The average Bonchev–Trinajstić information content (AvgIpc) is 3.15. The molecule has 0 bridgehead atoms. The lowest BCUT2D eigenvalue weighted by Gasteiger charge is -2.17. The van der Waals surface area contributed by atoms with Gasteiger partial charge < -0.3 is 10.2 Å². The van der Waals surface area contributed by atoms with Crippen molar-refractivity contribution in [2.75, 3.05) is 25.2 Å². The predicted molar refractivity (Wildman–Crippen MR) is 125 cm³/mol. The highest BCUT2D eigenvalue weighted by Gasteiger charge is 2.16. The molecule has 0 aliphatic carbocycles. The molecule has 1 N–H and O–H groups in total. The Kier molecular flexibility index (Phi) is 7.90. The lowest BCUT2D eigenvalue weighted by atomic mass is 10.2. The van der Waals surface area contributed by atoms with E-state index in [1.54, 1.807) is 18.8 Å². The van der Waals surface area contributed by atoms with Crippen molar-refractivity contribution < 1.29 is 9.59 Å². The van der Waals surface area contributed by atoms with Crippen LogP contribution in [0.5, 0.6) is 0 Å². The maximum absolute atomic E-state index is 12.5. The van der Waals surface area contributed by atoms with Gasteiger partial charge in [0.05, 0.1) is 29.4 Å². The third-order valence-corrected chi connectivity index (χ3v) is 6.29. The molecular formula is C22H22ClN3O2S2. The zero-order valence-corrected chi connectivity index (χ0v) is 19.1. The molecular weight excluding hydrogens is 438 g/mol. The maximum Gasteiger partial charge on any atom is 0.244 e. The quantitative estimate of drug-likeness (QED) is 0.494. The highest BCUT2D eigenvalue weighted by molar-refractivity contribution is 7.98. The van der Waals surface area contributed by atoms with Gasteiger partial charge in [-0.15, -0.1) is 23.1 Å². The van der Waals surface area contributed by atoms with Gasteiger partial charge in [-0.2, -0.15) is 0 Å². The van der Waals surface area contributed by atoms with Crippen LogP contribution in [0.3, 0.4) is 0 Å². The van der Waals surface area contributed by atoms with Crippen LogP contribution in [0, 0.1) is 0 Å². The fourth-order valence-electron chi connectivity index (χ4n) is 2.86. The number of hydrogen-bond acceptors (Lipinski definition) is 5. The number of hydrogen-bond donors (Lipinski definition) is 1. The number of carbonyl (C=O) groups excluding carboxylic acids is 2. The predicted octanol–water partition coefficient (Wildman–Crippen LogP) is 4.75. The Balaban J connectivity index is 1.53. The number of aromatic nitrogens is 1. The first kappa shape index (κ1) is 22.3. The molecule has 30 heavy (non-hydrogen) atoms. The Morgan fingerprint density at radius 3 is 2.77 bits per heavy atom. The van der Waals surface area contributed by atoms with Crippen LogP contribution in [-0.2, 0) is 22.4 Å². The summed E-state index contributed by atoms with van der Waals surface area (Å²) in [7, 11) is 1.63. The molecule has 1 aromatic heterocycles. The molecule has 0 saturated heterocycles. The minimum absolute atomic E-state index is 0.0128. The van der Waals surface area contributed by atoms with E-state index in [1.807, 2.05) is 60.2 Å². The van der Waals surface area contributed by atoms with Gasteiger partial charge in [-0.1, -0.05) is 35.9 Å². The van der Waals surface area contributed by atoms with E-state index in [1.165, 1.54) is 16.2 Å². The van der Waals surface area contributed by atoms with E-state index in [9.17, 15) is 9.59 Å². The van der Waals surface area contributed by atoms with Gasteiger partial charge in [0.2, 0.25) is 11.8 Å². The molecule has 0 aliphatic rings. The molecule has 0 unspecified atom stereocenters. The van der Waals surface area contributed by atoms with Crippen molar-refractivity contribution >= 4 is 52.2 Å². The molecule has 8 heteroatoms. The Bertz CT molecular complexity index is 1040. The summed E-state index contributed by atoms with van der Waals surface area (Å²) in [5, 5.41) is 6.38. The molecule has 2 aromatic carbocycles. The number of thiazole rings is 1. The largest absolute Gasteiger partial charge is 0.336 e. The molecule has 5 nitrogen and oxygen atoms in total. The van der Waals surface area contributed by atoms with E-state index >= 15 is 0 Å². The van der Waals surface area contributed by atoms with Gasteiger partial charge in [0.15, 0.2) is 0 Å². The summed E-state index contributed by atoms with van der Waals surface area (Å²) in [4.78, 5) is 31.8. The van der Waals surface area contributed by atoms with Crippen molar-refractivity contribution in [2.24, 2.45) is 0 Å².